The zero-order chi connectivity index (χ0) is 7.52. The van der Waals surface area contributed by atoms with E-state index in [4.69, 9.17) is 18.6 Å². The monoisotopic (exact) mass is 162 g/mol. The van der Waals surface area contributed by atoms with Crippen LogP contribution in [-0.4, -0.2) is 40.7 Å². The van der Waals surface area contributed by atoms with Gasteiger partial charge in [-0.15, -0.1) is 0 Å². The summed E-state index contributed by atoms with van der Waals surface area (Å²) in [6.45, 7) is 2.64. The van der Waals surface area contributed by atoms with Crippen LogP contribution in [0.25, 0.3) is 0 Å². The molecule has 0 radical (unpaired) electrons. The SMILES string of the molecule is [CH-](B1OCCO1)B1OCCO1.[Li+]. The molecule has 0 aromatic rings. The van der Waals surface area contributed by atoms with Crippen LogP contribution >= 0.6 is 0 Å². The van der Waals surface area contributed by atoms with Gasteiger partial charge in [0, 0.05) is 0 Å². The minimum Gasteiger partial charge on any atom is -0.435 e. The number of hydrogen-bond acceptors (Lipinski definition) is 4. The topological polar surface area (TPSA) is 36.9 Å². The van der Waals surface area contributed by atoms with Gasteiger partial charge in [-0.3, -0.25) is 6.22 Å². The van der Waals surface area contributed by atoms with Gasteiger partial charge in [0.2, 0.25) is 0 Å². The van der Waals surface area contributed by atoms with E-state index in [9.17, 15) is 0 Å². The van der Waals surface area contributed by atoms with E-state index in [2.05, 4.69) is 0 Å². The van der Waals surface area contributed by atoms with Gasteiger partial charge in [-0.1, -0.05) is 0 Å². The molecule has 2 heterocycles. The Balaban J connectivity index is 0.000000720. The summed E-state index contributed by atoms with van der Waals surface area (Å²) in [5.74, 6) is 0. The van der Waals surface area contributed by atoms with Crippen LogP contribution in [0.15, 0.2) is 0 Å². The third-order valence-corrected chi connectivity index (χ3v) is 1.61. The molecule has 0 unspecified atom stereocenters. The normalized spacial score (nSPS) is 23.0. The first-order valence-corrected chi connectivity index (χ1v) is 3.76. The molecular weight excluding hydrogens is 153 g/mol. The van der Waals surface area contributed by atoms with Crippen molar-refractivity contribution in [1.29, 1.82) is 0 Å². The molecule has 2 saturated heterocycles. The Hall–Kier alpha value is 0.567. The van der Waals surface area contributed by atoms with Crippen LogP contribution in [0.4, 0.5) is 0 Å². The standard InChI is InChI=1S/C5H9B2O4.Li/c1-2-9-6(8-1)5-7-10-3-4-11-7;/h5H,1-4H2;/q-1;+1. The molecule has 0 aliphatic carbocycles. The van der Waals surface area contributed by atoms with Crippen molar-refractivity contribution in [3.8, 4) is 0 Å². The molecule has 60 valence electrons. The second kappa shape index (κ2) is 5.33. The summed E-state index contributed by atoms with van der Waals surface area (Å²) in [5, 5.41) is 0. The number of hydrogen-bond donors (Lipinski definition) is 0. The summed E-state index contributed by atoms with van der Waals surface area (Å²) in [7, 11) is -0.476. The van der Waals surface area contributed by atoms with Gasteiger partial charge in [0.1, 0.15) is 0 Å². The first kappa shape index (κ1) is 10.6. The second-order valence-corrected chi connectivity index (χ2v) is 2.41. The Kier molecular flexibility index (Phi) is 4.73. The average molecular weight is 162 g/mol. The fraction of sp³-hybridized carbons (Fsp3) is 0.800. The van der Waals surface area contributed by atoms with Crippen LogP contribution in [0, 0.1) is 6.22 Å². The molecule has 2 rings (SSSR count). The Morgan fingerprint density at radius 3 is 1.42 bits per heavy atom. The van der Waals surface area contributed by atoms with Crippen molar-refractivity contribution < 1.29 is 37.5 Å². The molecule has 0 aromatic heterocycles. The molecule has 0 aromatic carbocycles. The van der Waals surface area contributed by atoms with E-state index in [0.29, 0.717) is 26.4 Å². The van der Waals surface area contributed by atoms with Gasteiger partial charge in [-0.2, -0.15) is 0 Å². The smallest absolute Gasteiger partial charge is 0.435 e. The van der Waals surface area contributed by atoms with Crippen LogP contribution in [0.2, 0.25) is 0 Å². The maximum Gasteiger partial charge on any atom is 1.00 e. The first-order chi connectivity index (χ1) is 5.45. The van der Waals surface area contributed by atoms with Gasteiger partial charge in [-0.25, -0.2) is 0 Å². The fourth-order valence-corrected chi connectivity index (χ4v) is 1.10. The van der Waals surface area contributed by atoms with Crippen molar-refractivity contribution in [2.75, 3.05) is 26.4 Å². The third kappa shape index (κ3) is 2.81. The zero-order valence-corrected chi connectivity index (χ0v) is 7.19. The third-order valence-electron chi connectivity index (χ3n) is 1.61. The molecule has 0 atom stereocenters. The Bertz CT molecular complexity index is 113. The molecule has 4 nitrogen and oxygen atoms in total. The van der Waals surface area contributed by atoms with Crippen molar-refractivity contribution in [1.82, 2.24) is 0 Å². The van der Waals surface area contributed by atoms with E-state index in [-0.39, 0.29) is 33.1 Å². The van der Waals surface area contributed by atoms with Crippen molar-refractivity contribution in [2.45, 2.75) is 0 Å². The van der Waals surface area contributed by atoms with E-state index >= 15 is 0 Å². The van der Waals surface area contributed by atoms with E-state index in [1.54, 1.807) is 6.22 Å². The molecule has 7 heteroatoms. The van der Waals surface area contributed by atoms with Crippen LogP contribution in [0.5, 0.6) is 0 Å². The largest absolute Gasteiger partial charge is 1.00 e. The summed E-state index contributed by atoms with van der Waals surface area (Å²) >= 11 is 0. The molecule has 12 heavy (non-hydrogen) atoms. The minimum absolute atomic E-state index is 0. The van der Waals surface area contributed by atoms with Gasteiger partial charge in [0.05, 0.1) is 26.4 Å². The number of rotatable bonds is 2. The minimum atomic E-state index is -0.238. The van der Waals surface area contributed by atoms with Crippen molar-refractivity contribution >= 4 is 14.2 Å². The van der Waals surface area contributed by atoms with Gasteiger partial charge in [-0.05, 0) is 0 Å². The van der Waals surface area contributed by atoms with Gasteiger partial charge in [0.15, 0.2) is 0 Å². The van der Waals surface area contributed by atoms with E-state index in [0.717, 1.165) is 0 Å². The molecule has 0 spiro atoms. The summed E-state index contributed by atoms with van der Waals surface area (Å²) in [5.41, 5.74) is 0. The van der Waals surface area contributed by atoms with Crippen molar-refractivity contribution in [2.24, 2.45) is 0 Å². The van der Waals surface area contributed by atoms with Crippen LogP contribution in [-0.2, 0) is 18.6 Å². The summed E-state index contributed by atoms with van der Waals surface area (Å²) in [6, 6.07) is 0. The molecule has 2 fully saturated rings. The van der Waals surface area contributed by atoms with Crippen LogP contribution in [0.1, 0.15) is 0 Å². The van der Waals surface area contributed by atoms with Crippen molar-refractivity contribution in [3.05, 3.63) is 6.22 Å². The molecular formula is C5H9B2LiO4. The van der Waals surface area contributed by atoms with Gasteiger partial charge >= 0.3 is 18.9 Å². The van der Waals surface area contributed by atoms with Crippen molar-refractivity contribution in [3.63, 3.8) is 0 Å². The van der Waals surface area contributed by atoms with Gasteiger partial charge < -0.3 is 18.6 Å². The molecule has 0 amide bonds. The molecule has 0 N–H and O–H groups in total. The Labute approximate surface area is 84.7 Å². The summed E-state index contributed by atoms with van der Waals surface area (Å²) in [4.78, 5) is 0. The van der Waals surface area contributed by atoms with Crippen LogP contribution in [0.3, 0.4) is 0 Å². The van der Waals surface area contributed by atoms with Crippen LogP contribution < -0.4 is 18.9 Å². The molecule has 0 saturated carbocycles. The second-order valence-electron chi connectivity index (χ2n) is 2.41. The zero-order valence-electron chi connectivity index (χ0n) is 7.19. The Morgan fingerprint density at radius 2 is 1.08 bits per heavy atom. The predicted octanol–water partition coefficient (Wildman–Crippen LogP) is -3.66. The first-order valence-electron chi connectivity index (χ1n) is 3.76. The van der Waals surface area contributed by atoms with E-state index in [1.807, 2.05) is 0 Å². The maximum atomic E-state index is 5.18. The summed E-state index contributed by atoms with van der Waals surface area (Å²) < 4.78 is 20.7. The van der Waals surface area contributed by atoms with Gasteiger partial charge in [0.25, 0.3) is 14.2 Å². The Morgan fingerprint density at radius 1 is 0.750 bits per heavy atom. The molecule has 2 aliphatic rings. The maximum absolute atomic E-state index is 5.18. The molecule has 2 aliphatic heterocycles. The van der Waals surface area contributed by atoms with E-state index in [1.165, 1.54) is 0 Å². The average Bonchev–Trinajstić information content (AvgIpc) is 2.60. The molecule has 0 bridgehead atoms. The quantitative estimate of drug-likeness (QED) is 0.309. The van der Waals surface area contributed by atoms with E-state index < -0.39 is 0 Å². The summed E-state index contributed by atoms with van der Waals surface area (Å²) in [6.07, 6.45) is 1.79. The predicted molar refractivity (Wildman–Crippen MR) is 39.6 cm³/mol. The fourth-order valence-electron chi connectivity index (χ4n) is 1.10.